The Hall–Kier alpha value is -2.50. The SMILES string of the molecule is C=C1c2cc(C)ccc2-c2cnc(NC3CC(F)(F)C3)nc2N1C1CCCCC1. The molecule has 0 atom stereocenters. The standard InChI is InChI=1S/C23H26F2N4/c1-14-8-9-18-19(10-14)15(2)29(17-6-4-3-5-7-17)21-20(18)13-26-22(28-21)27-16-11-23(24,25)12-16/h8-10,13,16-17H,2-7,11-12H2,1H3,(H,26,27,28). The van der Waals surface area contributed by atoms with Gasteiger partial charge in [-0.05, 0) is 31.4 Å². The van der Waals surface area contributed by atoms with Crippen LogP contribution in [-0.4, -0.2) is 28.0 Å². The summed E-state index contributed by atoms with van der Waals surface area (Å²) in [5.41, 5.74) is 5.38. The molecule has 6 heteroatoms. The molecule has 0 unspecified atom stereocenters. The van der Waals surface area contributed by atoms with Crippen LogP contribution in [0.1, 0.15) is 56.1 Å². The van der Waals surface area contributed by atoms with Crippen LogP contribution in [0.3, 0.4) is 0 Å². The first kappa shape index (κ1) is 18.5. The van der Waals surface area contributed by atoms with Gasteiger partial charge >= 0.3 is 0 Å². The first-order valence-electron chi connectivity index (χ1n) is 10.5. The summed E-state index contributed by atoms with van der Waals surface area (Å²) in [6, 6.07) is 6.47. The van der Waals surface area contributed by atoms with Gasteiger partial charge in [0.15, 0.2) is 0 Å². The Morgan fingerprint density at radius 1 is 1.10 bits per heavy atom. The first-order valence-corrected chi connectivity index (χ1v) is 10.5. The quantitative estimate of drug-likeness (QED) is 0.713. The van der Waals surface area contributed by atoms with Crippen LogP contribution in [0, 0.1) is 6.92 Å². The highest BCUT2D eigenvalue weighted by Crippen LogP contribution is 2.46. The minimum Gasteiger partial charge on any atom is -0.351 e. The highest BCUT2D eigenvalue weighted by atomic mass is 19.3. The summed E-state index contributed by atoms with van der Waals surface area (Å²) in [5, 5.41) is 3.10. The Morgan fingerprint density at radius 3 is 2.59 bits per heavy atom. The number of alkyl halides is 2. The Bertz CT molecular complexity index is 957. The fourth-order valence-corrected chi connectivity index (χ4v) is 4.88. The molecule has 2 saturated carbocycles. The van der Waals surface area contributed by atoms with Crippen LogP contribution < -0.4 is 10.2 Å². The third-order valence-electron chi connectivity index (χ3n) is 6.43. The lowest BCUT2D eigenvalue weighted by Crippen LogP contribution is -2.44. The van der Waals surface area contributed by atoms with E-state index in [0.29, 0.717) is 12.0 Å². The van der Waals surface area contributed by atoms with Crippen molar-refractivity contribution in [3.8, 4) is 11.1 Å². The van der Waals surface area contributed by atoms with Gasteiger partial charge in [0.25, 0.3) is 5.92 Å². The molecule has 3 aliphatic rings. The van der Waals surface area contributed by atoms with Gasteiger partial charge in [0, 0.05) is 47.9 Å². The van der Waals surface area contributed by atoms with Crippen LogP contribution in [0.25, 0.3) is 16.8 Å². The highest BCUT2D eigenvalue weighted by Gasteiger charge is 2.45. The van der Waals surface area contributed by atoms with Crippen molar-refractivity contribution in [1.82, 2.24) is 9.97 Å². The van der Waals surface area contributed by atoms with E-state index in [4.69, 9.17) is 4.98 Å². The molecule has 1 aliphatic heterocycles. The summed E-state index contributed by atoms with van der Waals surface area (Å²) in [6.45, 7) is 6.52. The fourth-order valence-electron chi connectivity index (χ4n) is 4.88. The zero-order valence-corrected chi connectivity index (χ0v) is 16.7. The smallest absolute Gasteiger partial charge is 0.252 e. The normalized spacial score (nSPS) is 21.3. The molecule has 29 heavy (non-hydrogen) atoms. The molecule has 1 aromatic carbocycles. The number of fused-ring (bicyclic) bond motifs is 3. The first-order chi connectivity index (χ1) is 13.9. The number of anilines is 2. The molecule has 1 N–H and O–H groups in total. The van der Waals surface area contributed by atoms with Crippen molar-refractivity contribution < 1.29 is 8.78 Å². The van der Waals surface area contributed by atoms with E-state index in [1.165, 1.54) is 24.8 Å². The van der Waals surface area contributed by atoms with Gasteiger partial charge < -0.3 is 10.2 Å². The molecule has 0 spiro atoms. The van der Waals surface area contributed by atoms with Crippen molar-refractivity contribution in [2.75, 3.05) is 10.2 Å². The second-order valence-corrected chi connectivity index (χ2v) is 8.69. The molecule has 0 radical (unpaired) electrons. The lowest BCUT2D eigenvalue weighted by Gasteiger charge is -2.41. The number of hydrogen-bond acceptors (Lipinski definition) is 4. The van der Waals surface area contributed by atoms with Gasteiger partial charge in [-0.25, -0.2) is 13.8 Å². The molecular formula is C23H26F2N4. The Labute approximate surface area is 170 Å². The number of hydrogen-bond donors (Lipinski definition) is 1. The van der Waals surface area contributed by atoms with Crippen molar-refractivity contribution in [3.63, 3.8) is 0 Å². The molecule has 2 heterocycles. The van der Waals surface area contributed by atoms with Gasteiger partial charge in [0.2, 0.25) is 5.95 Å². The zero-order chi connectivity index (χ0) is 20.2. The van der Waals surface area contributed by atoms with Crippen molar-refractivity contribution in [2.24, 2.45) is 0 Å². The molecule has 5 rings (SSSR count). The molecule has 0 amide bonds. The van der Waals surface area contributed by atoms with Crippen molar-refractivity contribution in [1.29, 1.82) is 0 Å². The van der Waals surface area contributed by atoms with Gasteiger partial charge in [-0.15, -0.1) is 0 Å². The van der Waals surface area contributed by atoms with Gasteiger partial charge in [0.05, 0.1) is 0 Å². The average molecular weight is 396 g/mol. The molecule has 2 fully saturated rings. The van der Waals surface area contributed by atoms with Gasteiger partial charge in [0.1, 0.15) is 5.82 Å². The topological polar surface area (TPSA) is 41.1 Å². The predicted octanol–water partition coefficient (Wildman–Crippen LogP) is 5.79. The maximum Gasteiger partial charge on any atom is 0.252 e. The van der Waals surface area contributed by atoms with Crippen molar-refractivity contribution in [3.05, 3.63) is 42.1 Å². The molecule has 2 aliphatic carbocycles. The van der Waals surface area contributed by atoms with Crippen LogP contribution in [0.15, 0.2) is 31.0 Å². The molecule has 1 aromatic heterocycles. The summed E-state index contributed by atoms with van der Waals surface area (Å²) in [5.74, 6) is -1.29. The molecular weight excluding hydrogens is 370 g/mol. The van der Waals surface area contributed by atoms with Crippen LogP contribution in [0.4, 0.5) is 20.5 Å². The summed E-state index contributed by atoms with van der Waals surface area (Å²) >= 11 is 0. The monoisotopic (exact) mass is 396 g/mol. The van der Waals surface area contributed by atoms with Crippen LogP contribution in [0.5, 0.6) is 0 Å². The minimum atomic E-state index is -2.56. The largest absolute Gasteiger partial charge is 0.351 e. The maximum atomic E-state index is 13.2. The highest BCUT2D eigenvalue weighted by molar-refractivity contribution is 5.97. The molecule has 152 valence electrons. The lowest BCUT2D eigenvalue weighted by molar-refractivity contribution is -0.0794. The summed E-state index contributed by atoms with van der Waals surface area (Å²) in [6.07, 6.45) is 7.42. The van der Waals surface area contributed by atoms with E-state index in [1.54, 1.807) is 0 Å². The van der Waals surface area contributed by atoms with E-state index in [0.717, 1.165) is 41.0 Å². The van der Waals surface area contributed by atoms with Crippen LogP contribution >= 0.6 is 0 Å². The third-order valence-corrected chi connectivity index (χ3v) is 6.43. The maximum absolute atomic E-state index is 13.2. The van der Waals surface area contributed by atoms with Crippen LogP contribution in [0.2, 0.25) is 0 Å². The lowest BCUT2D eigenvalue weighted by atomic mass is 9.88. The van der Waals surface area contributed by atoms with Gasteiger partial charge in [-0.3, -0.25) is 0 Å². The van der Waals surface area contributed by atoms with E-state index >= 15 is 0 Å². The zero-order valence-electron chi connectivity index (χ0n) is 16.7. The Balaban J connectivity index is 1.55. The number of nitrogens with zero attached hydrogens (tertiary/aromatic N) is 3. The molecule has 0 saturated heterocycles. The van der Waals surface area contributed by atoms with E-state index in [9.17, 15) is 8.78 Å². The van der Waals surface area contributed by atoms with Crippen molar-refractivity contribution >= 4 is 17.5 Å². The summed E-state index contributed by atoms with van der Waals surface area (Å²) < 4.78 is 26.4. The van der Waals surface area contributed by atoms with E-state index in [-0.39, 0.29) is 18.9 Å². The number of aryl methyl sites for hydroxylation is 1. The average Bonchev–Trinajstić information content (AvgIpc) is 2.68. The second kappa shape index (κ2) is 6.78. The summed E-state index contributed by atoms with van der Waals surface area (Å²) in [4.78, 5) is 11.5. The Kier molecular flexibility index (Phi) is 4.33. The second-order valence-electron chi connectivity index (χ2n) is 8.69. The van der Waals surface area contributed by atoms with E-state index in [1.807, 2.05) is 6.20 Å². The van der Waals surface area contributed by atoms with Gasteiger partial charge in [-0.2, -0.15) is 4.98 Å². The summed E-state index contributed by atoms with van der Waals surface area (Å²) in [7, 11) is 0. The third kappa shape index (κ3) is 3.28. The number of rotatable bonds is 3. The van der Waals surface area contributed by atoms with E-state index in [2.05, 4.69) is 46.9 Å². The molecule has 2 aromatic rings. The van der Waals surface area contributed by atoms with Gasteiger partial charge in [-0.1, -0.05) is 43.5 Å². The number of nitrogens with one attached hydrogen (secondary N) is 1. The van der Waals surface area contributed by atoms with E-state index < -0.39 is 5.92 Å². The molecule has 4 nitrogen and oxygen atoms in total. The van der Waals surface area contributed by atoms with Crippen LogP contribution in [-0.2, 0) is 0 Å². The minimum absolute atomic E-state index is 0.158. The number of halogens is 2. The fraction of sp³-hybridized carbons (Fsp3) is 0.478. The van der Waals surface area contributed by atoms with Crippen molar-refractivity contribution in [2.45, 2.75) is 69.9 Å². The number of aromatic nitrogens is 2. The number of benzene rings is 1. The Morgan fingerprint density at radius 2 is 1.86 bits per heavy atom. The predicted molar refractivity (Wildman–Crippen MR) is 112 cm³/mol. The molecule has 0 bridgehead atoms.